The van der Waals surface area contributed by atoms with Gasteiger partial charge in [0.05, 0.1) is 17.7 Å². The van der Waals surface area contributed by atoms with Gasteiger partial charge in [-0.2, -0.15) is 5.26 Å². The van der Waals surface area contributed by atoms with Crippen LogP contribution >= 0.6 is 0 Å². The molecule has 1 aromatic rings. The van der Waals surface area contributed by atoms with Crippen molar-refractivity contribution in [2.24, 2.45) is 0 Å². The molecule has 4 nitrogen and oxygen atoms in total. The summed E-state index contributed by atoms with van der Waals surface area (Å²) in [6, 6.07) is 7.95. The van der Waals surface area contributed by atoms with Gasteiger partial charge in [-0.1, -0.05) is 12.1 Å². The number of hydrogen-bond donors (Lipinski definition) is 1. The second-order valence-corrected chi connectivity index (χ2v) is 4.06. The smallest absolute Gasteiger partial charge is 0.242 e. The number of carbonyl (C=O) groups excluding carboxylic acids is 1. The van der Waals surface area contributed by atoms with Gasteiger partial charge >= 0.3 is 0 Å². The van der Waals surface area contributed by atoms with Crippen molar-refractivity contribution in [3.8, 4) is 6.07 Å². The number of nitrogens with one attached hydrogen (secondary N) is 1. The van der Waals surface area contributed by atoms with Crippen molar-refractivity contribution in [1.29, 1.82) is 5.26 Å². The summed E-state index contributed by atoms with van der Waals surface area (Å²) in [6.07, 6.45) is 0. The maximum absolute atomic E-state index is 12.8. The number of amides is 1. The number of nitrogens with zero attached hydrogens (tertiary/aromatic N) is 2. The lowest BCUT2D eigenvalue weighted by atomic mass is 10.1. The van der Waals surface area contributed by atoms with E-state index in [0.717, 1.165) is 5.56 Å². The molecule has 3 atom stereocenters. The van der Waals surface area contributed by atoms with Crippen LogP contribution in [0.1, 0.15) is 18.1 Å². The predicted octanol–water partition coefficient (Wildman–Crippen LogP) is 1.13. The standard InChI is InChI=1S/C12H12FN3O/c1-8-11(16(8)13)12(17)15-7-10-4-2-9(6-14)3-5-10/h2-5,8,11H,7H2,1H3,(H,15,17). The van der Waals surface area contributed by atoms with Crippen molar-refractivity contribution in [1.82, 2.24) is 10.4 Å². The van der Waals surface area contributed by atoms with Crippen molar-refractivity contribution in [3.05, 3.63) is 35.4 Å². The van der Waals surface area contributed by atoms with Crippen LogP contribution in [-0.4, -0.2) is 23.1 Å². The van der Waals surface area contributed by atoms with Gasteiger partial charge in [-0.05, 0) is 24.6 Å². The first kappa shape index (κ1) is 11.6. The molecule has 0 radical (unpaired) electrons. The third-order valence-electron chi connectivity index (χ3n) is 2.84. The number of benzene rings is 1. The van der Waals surface area contributed by atoms with E-state index in [4.69, 9.17) is 5.26 Å². The average molecular weight is 233 g/mol. The molecular formula is C12H12FN3O. The van der Waals surface area contributed by atoms with E-state index in [2.05, 4.69) is 5.32 Å². The molecule has 1 aliphatic rings. The van der Waals surface area contributed by atoms with Crippen LogP contribution in [0.25, 0.3) is 0 Å². The molecule has 1 saturated heterocycles. The SMILES string of the molecule is CC1C(C(=O)NCc2ccc(C#N)cc2)N1F. The highest BCUT2D eigenvalue weighted by molar-refractivity contribution is 5.85. The number of hydrogen-bond acceptors (Lipinski definition) is 3. The lowest BCUT2D eigenvalue weighted by molar-refractivity contribution is -0.122. The average Bonchev–Trinajstić information content (AvgIpc) is 2.95. The largest absolute Gasteiger partial charge is 0.351 e. The molecule has 1 aromatic carbocycles. The van der Waals surface area contributed by atoms with Gasteiger partial charge < -0.3 is 5.32 Å². The molecule has 1 N–H and O–H groups in total. The van der Waals surface area contributed by atoms with E-state index >= 15 is 0 Å². The third-order valence-corrected chi connectivity index (χ3v) is 2.84. The maximum Gasteiger partial charge on any atom is 0.242 e. The second-order valence-electron chi connectivity index (χ2n) is 4.06. The number of rotatable bonds is 3. The second kappa shape index (κ2) is 4.52. The quantitative estimate of drug-likeness (QED) is 0.629. The summed E-state index contributed by atoms with van der Waals surface area (Å²) < 4.78 is 12.8. The van der Waals surface area contributed by atoms with Crippen LogP contribution in [0.5, 0.6) is 0 Å². The van der Waals surface area contributed by atoms with Gasteiger partial charge in [-0.15, -0.1) is 9.60 Å². The van der Waals surface area contributed by atoms with Gasteiger partial charge in [0.15, 0.2) is 0 Å². The van der Waals surface area contributed by atoms with Crippen molar-refractivity contribution in [2.45, 2.75) is 25.6 Å². The molecule has 1 aliphatic heterocycles. The van der Waals surface area contributed by atoms with E-state index in [0.29, 0.717) is 17.2 Å². The summed E-state index contributed by atoms with van der Waals surface area (Å²) >= 11 is 0. The zero-order chi connectivity index (χ0) is 12.4. The van der Waals surface area contributed by atoms with Crippen molar-refractivity contribution in [3.63, 3.8) is 0 Å². The Kier molecular flexibility index (Phi) is 3.07. The molecule has 2 rings (SSSR count). The Bertz CT molecular complexity index is 458. The molecule has 1 fully saturated rings. The Morgan fingerprint density at radius 2 is 2.12 bits per heavy atom. The summed E-state index contributed by atoms with van der Waals surface area (Å²) in [5.41, 5.74) is 1.46. The van der Waals surface area contributed by atoms with Crippen molar-refractivity contribution >= 4 is 5.91 Å². The van der Waals surface area contributed by atoms with Crippen LogP contribution in [0.3, 0.4) is 0 Å². The van der Waals surface area contributed by atoms with Gasteiger partial charge in [0.1, 0.15) is 6.04 Å². The van der Waals surface area contributed by atoms with E-state index in [9.17, 15) is 9.28 Å². The van der Waals surface area contributed by atoms with E-state index in [1.54, 1.807) is 31.2 Å². The molecule has 0 saturated carbocycles. The fourth-order valence-electron chi connectivity index (χ4n) is 1.64. The lowest BCUT2D eigenvalue weighted by Crippen LogP contribution is -2.29. The van der Waals surface area contributed by atoms with Crippen LogP contribution in [-0.2, 0) is 11.3 Å². The predicted molar refractivity (Wildman–Crippen MR) is 59.2 cm³/mol. The minimum Gasteiger partial charge on any atom is -0.351 e. The number of halogens is 1. The summed E-state index contributed by atoms with van der Waals surface area (Å²) in [6.45, 7) is 2.01. The van der Waals surface area contributed by atoms with E-state index < -0.39 is 6.04 Å². The number of nitriles is 1. The first-order valence-electron chi connectivity index (χ1n) is 5.34. The van der Waals surface area contributed by atoms with Crippen LogP contribution in [0.4, 0.5) is 4.48 Å². The van der Waals surface area contributed by atoms with Crippen molar-refractivity contribution < 1.29 is 9.28 Å². The molecule has 0 aromatic heterocycles. The molecule has 0 aliphatic carbocycles. The minimum absolute atomic E-state index is 0.302. The molecule has 0 spiro atoms. The van der Waals surface area contributed by atoms with E-state index in [1.807, 2.05) is 6.07 Å². The van der Waals surface area contributed by atoms with Crippen LogP contribution in [0.15, 0.2) is 24.3 Å². The normalized spacial score (nSPS) is 26.1. The monoisotopic (exact) mass is 233 g/mol. The van der Waals surface area contributed by atoms with Gasteiger partial charge in [-0.25, -0.2) is 0 Å². The molecular weight excluding hydrogens is 221 g/mol. The van der Waals surface area contributed by atoms with Gasteiger partial charge in [-0.3, -0.25) is 4.79 Å². The Morgan fingerprint density at radius 1 is 1.53 bits per heavy atom. The zero-order valence-corrected chi connectivity index (χ0v) is 9.35. The Balaban J connectivity index is 1.86. The van der Waals surface area contributed by atoms with E-state index in [1.165, 1.54) is 0 Å². The molecule has 5 heteroatoms. The molecule has 17 heavy (non-hydrogen) atoms. The topological polar surface area (TPSA) is 55.9 Å². The highest BCUT2D eigenvalue weighted by Crippen LogP contribution is 2.27. The van der Waals surface area contributed by atoms with Crippen LogP contribution < -0.4 is 5.32 Å². The lowest BCUT2D eigenvalue weighted by Gasteiger charge is -2.03. The summed E-state index contributed by atoms with van der Waals surface area (Å²) in [4.78, 5) is 11.5. The Hall–Kier alpha value is -1.93. The minimum atomic E-state index is -0.645. The van der Waals surface area contributed by atoms with Crippen LogP contribution in [0.2, 0.25) is 0 Å². The van der Waals surface area contributed by atoms with Gasteiger partial charge in [0.25, 0.3) is 0 Å². The molecule has 3 unspecified atom stereocenters. The maximum atomic E-state index is 12.8. The summed E-state index contributed by atoms with van der Waals surface area (Å²) in [7, 11) is 0. The zero-order valence-electron chi connectivity index (χ0n) is 9.35. The first-order valence-corrected chi connectivity index (χ1v) is 5.34. The fourth-order valence-corrected chi connectivity index (χ4v) is 1.64. The summed E-state index contributed by atoms with van der Waals surface area (Å²) in [5, 5.41) is 11.8. The third kappa shape index (κ3) is 2.43. The Morgan fingerprint density at radius 3 is 2.59 bits per heavy atom. The fraction of sp³-hybridized carbons (Fsp3) is 0.333. The molecule has 1 amide bonds. The van der Waals surface area contributed by atoms with Gasteiger partial charge in [0, 0.05) is 6.54 Å². The number of carbonyl (C=O) groups is 1. The van der Waals surface area contributed by atoms with Crippen molar-refractivity contribution in [2.75, 3.05) is 0 Å². The highest BCUT2D eigenvalue weighted by atomic mass is 19.2. The van der Waals surface area contributed by atoms with Crippen LogP contribution in [0, 0.1) is 11.3 Å². The molecule has 88 valence electrons. The molecule has 1 heterocycles. The molecule has 0 bridgehead atoms. The summed E-state index contributed by atoms with van der Waals surface area (Å²) in [5.74, 6) is -0.302. The van der Waals surface area contributed by atoms with E-state index in [-0.39, 0.29) is 11.9 Å². The Labute approximate surface area is 98.6 Å². The van der Waals surface area contributed by atoms with Gasteiger partial charge in [0.2, 0.25) is 5.91 Å². The first-order chi connectivity index (χ1) is 8.13. The highest BCUT2D eigenvalue weighted by Gasteiger charge is 2.50.